The van der Waals surface area contributed by atoms with Crippen molar-refractivity contribution in [2.75, 3.05) is 44.9 Å². The molecule has 3 heterocycles. The quantitative estimate of drug-likeness (QED) is 0.311. The van der Waals surface area contributed by atoms with Crippen LogP contribution in [0, 0.1) is 0 Å². The third-order valence-corrected chi connectivity index (χ3v) is 6.95. The zero-order valence-corrected chi connectivity index (χ0v) is 23.9. The SMILES string of the molecule is COc1ccc(C(C)NC(=O)CC2CN(C(=O)COCC(=O)O)CCN2c2cc(Cl)nc(-n3ccnc3)n2)cc1Cl. The summed E-state index contributed by atoms with van der Waals surface area (Å²) in [6.07, 6.45) is 4.84. The predicted octanol–water partition coefficient (Wildman–Crippen LogP) is 2.36. The van der Waals surface area contributed by atoms with Crippen LogP contribution in [0.1, 0.15) is 24.9 Å². The highest BCUT2D eigenvalue weighted by molar-refractivity contribution is 6.32. The number of carboxylic acids is 1. The minimum absolute atomic E-state index is 0.0238. The zero-order valence-electron chi connectivity index (χ0n) is 22.4. The fourth-order valence-electron chi connectivity index (χ4n) is 4.46. The maximum absolute atomic E-state index is 13.3. The molecule has 4 rings (SSSR count). The van der Waals surface area contributed by atoms with Crippen molar-refractivity contribution in [1.29, 1.82) is 0 Å². The van der Waals surface area contributed by atoms with E-state index in [9.17, 15) is 14.4 Å². The molecule has 3 aromatic rings. The molecule has 1 aliphatic rings. The number of piperazine rings is 1. The molecule has 2 atom stereocenters. The lowest BCUT2D eigenvalue weighted by Gasteiger charge is -2.42. The molecular weight excluding hydrogens is 577 g/mol. The zero-order chi connectivity index (χ0) is 29.5. The average Bonchev–Trinajstić information content (AvgIpc) is 3.47. The van der Waals surface area contributed by atoms with Crippen LogP contribution in [-0.4, -0.2) is 93.3 Å². The summed E-state index contributed by atoms with van der Waals surface area (Å²) in [5.41, 5.74) is 0.796. The topological polar surface area (TPSA) is 152 Å². The van der Waals surface area contributed by atoms with Gasteiger partial charge < -0.3 is 29.7 Å². The van der Waals surface area contributed by atoms with E-state index in [0.29, 0.717) is 35.6 Å². The van der Waals surface area contributed by atoms with Crippen molar-refractivity contribution in [3.05, 3.63) is 58.7 Å². The highest BCUT2D eigenvalue weighted by Gasteiger charge is 2.33. The molecule has 2 aromatic heterocycles. The van der Waals surface area contributed by atoms with Gasteiger partial charge >= 0.3 is 5.97 Å². The van der Waals surface area contributed by atoms with Gasteiger partial charge in [0.15, 0.2) is 0 Å². The number of imidazole rings is 1. The number of rotatable bonds is 11. The molecule has 41 heavy (non-hydrogen) atoms. The maximum atomic E-state index is 13.3. The van der Waals surface area contributed by atoms with Crippen molar-refractivity contribution in [3.63, 3.8) is 0 Å². The Morgan fingerprint density at radius 3 is 2.66 bits per heavy atom. The first-order chi connectivity index (χ1) is 19.6. The number of amides is 2. The Balaban J connectivity index is 1.53. The lowest BCUT2D eigenvalue weighted by Crippen LogP contribution is -2.57. The van der Waals surface area contributed by atoms with E-state index in [2.05, 4.69) is 20.3 Å². The number of carbonyl (C=O) groups is 3. The number of aliphatic carboxylic acids is 1. The van der Waals surface area contributed by atoms with E-state index in [1.807, 2.05) is 17.9 Å². The third kappa shape index (κ3) is 7.84. The lowest BCUT2D eigenvalue weighted by molar-refractivity contribution is -0.146. The number of hydrogen-bond donors (Lipinski definition) is 2. The van der Waals surface area contributed by atoms with Gasteiger partial charge in [-0.25, -0.2) is 14.8 Å². The number of benzene rings is 1. The summed E-state index contributed by atoms with van der Waals surface area (Å²) in [5.74, 6) is -0.487. The van der Waals surface area contributed by atoms with Crippen molar-refractivity contribution < 1.29 is 29.0 Å². The van der Waals surface area contributed by atoms with Gasteiger partial charge in [0.2, 0.25) is 17.8 Å². The Bertz CT molecular complexity index is 1390. The molecule has 0 bridgehead atoms. The molecule has 1 saturated heterocycles. The minimum Gasteiger partial charge on any atom is -0.495 e. The smallest absolute Gasteiger partial charge is 0.329 e. The lowest BCUT2D eigenvalue weighted by atomic mass is 10.1. The van der Waals surface area contributed by atoms with Crippen molar-refractivity contribution >= 4 is 46.8 Å². The first-order valence-corrected chi connectivity index (χ1v) is 13.4. The normalized spacial score (nSPS) is 15.9. The molecule has 0 spiro atoms. The van der Waals surface area contributed by atoms with Crippen molar-refractivity contribution in [1.82, 2.24) is 29.7 Å². The highest BCUT2D eigenvalue weighted by Crippen LogP contribution is 2.28. The molecule has 0 radical (unpaired) electrons. The molecule has 2 amide bonds. The summed E-state index contributed by atoms with van der Waals surface area (Å²) in [7, 11) is 1.53. The molecule has 1 fully saturated rings. The Hall–Kier alpha value is -3.94. The van der Waals surface area contributed by atoms with E-state index in [0.717, 1.165) is 5.56 Å². The fraction of sp³-hybridized carbons (Fsp3) is 0.385. The fourth-order valence-corrected chi connectivity index (χ4v) is 4.90. The standard InChI is InChI=1S/C26H29Cl2N7O6/c1-16(17-3-4-20(40-2)19(27)9-17)30-23(36)10-18-12-33(24(37)13-41-14-25(38)39)7-8-35(18)22-11-21(28)31-26(32-22)34-6-5-29-15-34/h3-6,9,11,15-16,18H,7-8,10,12-14H2,1-2H3,(H,30,36)(H,38,39). The molecule has 0 saturated carbocycles. The molecule has 15 heteroatoms. The van der Waals surface area contributed by atoms with Gasteiger partial charge in [-0.2, -0.15) is 4.98 Å². The van der Waals surface area contributed by atoms with Gasteiger partial charge in [0.1, 0.15) is 36.3 Å². The molecule has 1 aromatic carbocycles. The first-order valence-electron chi connectivity index (χ1n) is 12.6. The number of ether oxygens (including phenoxy) is 2. The second kappa shape index (κ2) is 13.6. The minimum atomic E-state index is -1.17. The number of nitrogens with one attached hydrogen (secondary N) is 1. The molecular formula is C26H29Cl2N7O6. The van der Waals surface area contributed by atoms with E-state index in [4.69, 9.17) is 37.8 Å². The van der Waals surface area contributed by atoms with Gasteiger partial charge in [0.25, 0.3) is 0 Å². The van der Waals surface area contributed by atoms with E-state index >= 15 is 0 Å². The second-order valence-corrected chi connectivity index (χ2v) is 10.1. The number of carboxylic acid groups (broad SMARTS) is 1. The number of methoxy groups -OCH3 is 1. The van der Waals surface area contributed by atoms with Crippen LogP contribution in [0.2, 0.25) is 10.2 Å². The molecule has 0 aliphatic carbocycles. The predicted molar refractivity (Wildman–Crippen MR) is 150 cm³/mol. The summed E-state index contributed by atoms with van der Waals surface area (Å²) in [6, 6.07) is 6.04. The molecule has 2 N–H and O–H groups in total. The molecule has 13 nitrogen and oxygen atoms in total. The van der Waals surface area contributed by atoms with Gasteiger partial charge in [0, 0.05) is 44.5 Å². The number of carbonyl (C=O) groups excluding carboxylic acids is 2. The van der Waals surface area contributed by atoms with Crippen LogP contribution in [0.25, 0.3) is 5.95 Å². The van der Waals surface area contributed by atoms with Gasteiger partial charge in [0.05, 0.1) is 24.2 Å². The largest absolute Gasteiger partial charge is 0.495 e. The average molecular weight is 606 g/mol. The van der Waals surface area contributed by atoms with Crippen LogP contribution in [-0.2, 0) is 19.1 Å². The van der Waals surface area contributed by atoms with Crippen LogP contribution < -0.4 is 15.0 Å². The van der Waals surface area contributed by atoms with E-state index in [1.54, 1.807) is 46.4 Å². The summed E-state index contributed by atoms with van der Waals surface area (Å²) in [4.78, 5) is 53.2. The first kappa shape index (κ1) is 30.0. The van der Waals surface area contributed by atoms with Gasteiger partial charge in [-0.1, -0.05) is 29.3 Å². The Morgan fingerprint density at radius 1 is 1.17 bits per heavy atom. The van der Waals surface area contributed by atoms with Crippen LogP contribution in [0.5, 0.6) is 5.75 Å². The van der Waals surface area contributed by atoms with Crippen molar-refractivity contribution in [2.45, 2.75) is 25.4 Å². The van der Waals surface area contributed by atoms with Gasteiger partial charge in [-0.15, -0.1) is 0 Å². The van der Waals surface area contributed by atoms with Gasteiger partial charge in [-0.05, 0) is 24.6 Å². The van der Waals surface area contributed by atoms with Crippen LogP contribution in [0.3, 0.4) is 0 Å². The van der Waals surface area contributed by atoms with Gasteiger partial charge in [-0.3, -0.25) is 14.2 Å². The monoisotopic (exact) mass is 605 g/mol. The summed E-state index contributed by atoms with van der Waals surface area (Å²) in [6.45, 7) is 1.68. The number of aromatic nitrogens is 4. The van der Waals surface area contributed by atoms with Crippen LogP contribution in [0.4, 0.5) is 5.82 Å². The molecule has 1 aliphatic heterocycles. The summed E-state index contributed by atoms with van der Waals surface area (Å²) >= 11 is 12.6. The summed E-state index contributed by atoms with van der Waals surface area (Å²) in [5, 5.41) is 12.4. The Morgan fingerprint density at radius 2 is 1.98 bits per heavy atom. The summed E-state index contributed by atoms with van der Waals surface area (Å²) < 4.78 is 11.8. The second-order valence-electron chi connectivity index (χ2n) is 9.28. The van der Waals surface area contributed by atoms with Crippen molar-refractivity contribution in [3.8, 4) is 11.7 Å². The van der Waals surface area contributed by atoms with Crippen molar-refractivity contribution in [2.24, 2.45) is 0 Å². The third-order valence-electron chi connectivity index (χ3n) is 6.46. The number of hydrogen-bond acceptors (Lipinski definition) is 9. The van der Waals surface area contributed by atoms with Crippen LogP contribution in [0.15, 0.2) is 43.0 Å². The number of halogens is 2. The van der Waals surface area contributed by atoms with E-state index in [1.165, 1.54) is 7.11 Å². The molecule has 2 unspecified atom stereocenters. The number of nitrogens with zero attached hydrogens (tertiary/aromatic N) is 6. The van der Waals surface area contributed by atoms with E-state index < -0.39 is 18.6 Å². The van der Waals surface area contributed by atoms with Crippen LogP contribution >= 0.6 is 23.2 Å². The Labute approximate surface area is 246 Å². The highest BCUT2D eigenvalue weighted by atomic mass is 35.5. The maximum Gasteiger partial charge on any atom is 0.329 e. The number of anilines is 1. The Kier molecular flexibility index (Phi) is 9.97. The van der Waals surface area contributed by atoms with E-state index in [-0.39, 0.29) is 42.6 Å². The molecule has 218 valence electrons.